The number of likely N-dealkylation sites (N-methyl/N-ethyl adjacent to an activating group) is 1. The highest BCUT2D eigenvalue weighted by molar-refractivity contribution is 6.05. The summed E-state index contributed by atoms with van der Waals surface area (Å²) in [5.41, 5.74) is 11.6. The molecule has 5 aliphatic carbocycles. The molecule has 1 aliphatic heterocycles. The number of aryl methyl sites for hydroxylation is 1. The van der Waals surface area contributed by atoms with Crippen molar-refractivity contribution in [2.45, 2.75) is 76.7 Å². The van der Waals surface area contributed by atoms with E-state index in [1.807, 2.05) is 0 Å². The van der Waals surface area contributed by atoms with Crippen molar-refractivity contribution < 1.29 is 0 Å². The molecular formula is C47H50N2. The summed E-state index contributed by atoms with van der Waals surface area (Å²) in [6, 6.07) is 17.4. The predicted octanol–water partition coefficient (Wildman–Crippen LogP) is 11.3. The Kier molecular flexibility index (Phi) is 7.75. The van der Waals surface area contributed by atoms with Crippen LogP contribution in [-0.4, -0.2) is 30.4 Å². The Morgan fingerprint density at radius 3 is 2.45 bits per heavy atom. The number of benzene rings is 3. The zero-order chi connectivity index (χ0) is 33.2. The van der Waals surface area contributed by atoms with Crippen molar-refractivity contribution in [2.24, 2.45) is 28.7 Å². The van der Waals surface area contributed by atoms with Crippen LogP contribution in [0.25, 0.3) is 22.4 Å². The first-order valence-electron chi connectivity index (χ1n) is 19.0. The SMILES string of the molecule is Cc1ccc(C2CC(C3=NCC(C4C=CC=CC4)N3C)C3C=Cc4c(C5=CCC(C)C=C5)cc(C5C=CC(C)CC5)c5ccc2c3c45)cc1. The van der Waals surface area contributed by atoms with Crippen LogP contribution < -0.4 is 0 Å². The van der Waals surface area contributed by atoms with Crippen LogP contribution >= 0.6 is 0 Å². The molecule has 3 aromatic rings. The highest BCUT2D eigenvalue weighted by atomic mass is 15.3. The molecular weight excluding hydrogens is 593 g/mol. The summed E-state index contributed by atoms with van der Waals surface area (Å²) in [5, 5.41) is 2.98. The molecule has 0 spiro atoms. The van der Waals surface area contributed by atoms with Crippen LogP contribution in [0.15, 0.2) is 108 Å². The van der Waals surface area contributed by atoms with Gasteiger partial charge in [0.1, 0.15) is 5.84 Å². The molecule has 0 saturated carbocycles. The van der Waals surface area contributed by atoms with Crippen molar-refractivity contribution in [3.05, 3.63) is 142 Å². The lowest BCUT2D eigenvalue weighted by atomic mass is 9.63. The summed E-state index contributed by atoms with van der Waals surface area (Å²) in [6.45, 7) is 7.79. The largest absolute Gasteiger partial charge is 0.358 e. The molecule has 0 N–H and O–H groups in total. The second kappa shape index (κ2) is 12.3. The molecule has 8 atom stereocenters. The van der Waals surface area contributed by atoms with E-state index < -0.39 is 0 Å². The van der Waals surface area contributed by atoms with Crippen molar-refractivity contribution in [1.29, 1.82) is 0 Å². The van der Waals surface area contributed by atoms with Gasteiger partial charge in [-0.05, 0) is 107 Å². The molecule has 0 fully saturated rings. The highest BCUT2D eigenvalue weighted by Gasteiger charge is 2.44. The van der Waals surface area contributed by atoms with E-state index in [4.69, 9.17) is 4.99 Å². The molecule has 0 aromatic heterocycles. The Balaban J connectivity index is 1.24. The Bertz CT molecular complexity index is 2010. The van der Waals surface area contributed by atoms with Crippen LogP contribution in [0, 0.1) is 30.6 Å². The van der Waals surface area contributed by atoms with Crippen molar-refractivity contribution in [1.82, 2.24) is 4.90 Å². The summed E-state index contributed by atoms with van der Waals surface area (Å²) in [7, 11) is 2.33. The van der Waals surface area contributed by atoms with E-state index in [0.717, 1.165) is 25.8 Å². The number of hydrogen-bond donors (Lipinski definition) is 0. The molecule has 0 saturated heterocycles. The van der Waals surface area contributed by atoms with E-state index in [1.54, 1.807) is 5.56 Å². The van der Waals surface area contributed by atoms with Gasteiger partial charge in [0.15, 0.2) is 0 Å². The molecule has 1 heterocycles. The summed E-state index contributed by atoms with van der Waals surface area (Å²) in [6.07, 6.45) is 32.3. The summed E-state index contributed by atoms with van der Waals surface area (Å²) in [5.74, 6) is 4.54. The molecule has 3 aromatic carbocycles. The molecule has 6 aliphatic rings. The monoisotopic (exact) mass is 642 g/mol. The summed E-state index contributed by atoms with van der Waals surface area (Å²) < 4.78 is 0. The van der Waals surface area contributed by atoms with E-state index >= 15 is 0 Å². The van der Waals surface area contributed by atoms with Crippen molar-refractivity contribution >= 4 is 28.3 Å². The van der Waals surface area contributed by atoms with Crippen LogP contribution in [0.5, 0.6) is 0 Å². The normalized spacial score (nSPS) is 31.4. The fourth-order valence-electron chi connectivity index (χ4n) is 9.96. The second-order valence-corrected chi connectivity index (χ2v) is 16.0. The van der Waals surface area contributed by atoms with Gasteiger partial charge in [-0.1, -0.05) is 123 Å². The molecule has 2 nitrogen and oxygen atoms in total. The molecule has 9 rings (SSSR count). The number of hydrogen-bond acceptors (Lipinski definition) is 2. The van der Waals surface area contributed by atoms with Crippen molar-refractivity contribution in [3.63, 3.8) is 0 Å². The second-order valence-electron chi connectivity index (χ2n) is 16.0. The minimum Gasteiger partial charge on any atom is -0.358 e. The highest BCUT2D eigenvalue weighted by Crippen LogP contribution is 2.54. The number of rotatable bonds is 5. The quantitative estimate of drug-likeness (QED) is 0.253. The molecule has 248 valence electrons. The number of allylic oxidation sites excluding steroid dienone is 10. The average molecular weight is 643 g/mol. The zero-order valence-electron chi connectivity index (χ0n) is 29.6. The van der Waals surface area contributed by atoms with E-state index in [1.165, 1.54) is 68.4 Å². The lowest BCUT2D eigenvalue weighted by molar-refractivity contribution is 0.308. The summed E-state index contributed by atoms with van der Waals surface area (Å²) >= 11 is 0. The van der Waals surface area contributed by atoms with Gasteiger partial charge >= 0.3 is 0 Å². The van der Waals surface area contributed by atoms with Crippen LogP contribution in [0.2, 0.25) is 0 Å². The van der Waals surface area contributed by atoms with Gasteiger partial charge < -0.3 is 4.90 Å². The Labute approximate surface area is 293 Å². The van der Waals surface area contributed by atoms with Crippen molar-refractivity contribution in [2.75, 3.05) is 13.6 Å². The van der Waals surface area contributed by atoms with E-state index in [9.17, 15) is 0 Å². The third kappa shape index (κ3) is 5.25. The molecule has 0 radical (unpaired) electrons. The third-order valence-electron chi connectivity index (χ3n) is 12.8. The first-order valence-corrected chi connectivity index (χ1v) is 19.0. The maximum atomic E-state index is 5.43. The van der Waals surface area contributed by atoms with Crippen LogP contribution in [0.1, 0.15) is 103 Å². The van der Waals surface area contributed by atoms with Crippen molar-refractivity contribution in [3.8, 4) is 0 Å². The lowest BCUT2D eigenvalue weighted by Gasteiger charge is -2.42. The van der Waals surface area contributed by atoms with Gasteiger partial charge in [-0.3, -0.25) is 4.99 Å². The molecule has 0 bridgehead atoms. The molecule has 8 unspecified atom stereocenters. The third-order valence-corrected chi connectivity index (χ3v) is 12.8. The van der Waals surface area contributed by atoms with Gasteiger partial charge in [0.25, 0.3) is 0 Å². The van der Waals surface area contributed by atoms with Gasteiger partial charge in [-0.15, -0.1) is 0 Å². The van der Waals surface area contributed by atoms with Gasteiger partial charge in [-0.25, -0.2) is 0 Å². The van der Waals surface area contributed by atoms with Crippen LogP contribution in [0.3, 0.4) is 0 Å². The standard InChI is InChI=1S/C47H50N2/c1-29-10-16-32(17-11-29)40-26-41(33-18-12-30(2)13-19-33)37-24-25-39-43(47-48-28-44(49(47)4)35-8-6-5-7-9-35)27-42(34-20-14-31(3)15-21-34)38-23-22-36(40)45(37)46(38)39/h5-8,10,12,14-16,18-26,29-30,32,35,39,42-44H,9,11,13,17,27-28H2,1-4H3. The molecule has 49 heavy (non-hydrogen) atoms. The van der Waals surface area contributed by atoms with Crippen LogP contribution in [-0.2, 0) is 0 Å². The first kappa shape index (κ1) is 30.9. The zero-order valence-corrected chi connectivity index (χ0v) is 29.6. The maximum absolute atomic E-state index is 5.43. The van der Waals surface area contributed by atoms with E-state index in [2.05, 4.69) is 142 Å². The van der Waals surface area contributed by atoms with Gasteiger partial charge in [-0.2, -0.15) is 0 Å². The van der Waals surface area contributed by atoms with Crippen LogP contribution in [0.4, 0.5) is 0 Å². The van der Waals surface area contributed by atoms with Gasteiger partial charge in [0.05, 0.1) is 12.6 Å². The fraction of sp³-hybridized carbons (Fsp3) is 0.383. The maximum Gasteiger partial charge on any atom is 0.103 e. The number of nitrogens with zero attached hydrogens (tertiary/aromatic N) is 2. The minimum atomic E-state index is 0.315. The van der Waals surface area contributed by atoms with Gasteiger partial charge in [0.2, 0.25) is 0 Å². The topological polar surface area (TPSA) is 15.6 Å². The van der Waals surface area contributed by atoms with E-state index in [0.29, 0.717) is 47.5 Å². The predicted molar refractivity (Wildman–Crippen MR) is 208 cm³/mol. The minimum absolute atomic E-state index is 0.315. The number of aliphatic imine (C=N–C) groups is 1. The fourth-order valence-corrected chi connectivity index (χ4v) is 9.96. The number of amidine groups is 1. The summed E-state index contributed by atoms with van der Waals surface area (Å²) in [4.78, 5) is 8.01. The smallest absolute Gasteiger partial charge is 0.103 e. The lowest BCUT2D eigenvalue weighted by Crippen LogP contribution is -2.43. The van der Waals surface area contributed by atoms with E-state index in [-0.39, 0.29) is 0 Å². The average Bonchev–Trinajstić information content (AvgIpc) is 3.52. The Hall–Kier alpha value is -4.17. The molecule has 0 amide bonds. The molecule has 2 heteroatoms. The van der Waals surface area contributed by atoms with Gasteiger partial charge in [0, 0.05) is 36.6 Å². The Morgan fingerprint density at radius 1 is 0.816 bits per heavy atom. The first-order chi connectivity index (χ1) is 23.9. The Morgan fingerprint density at radius 2 is 1.69 bits per heavy atom.